The zero-order chi connectivity index (χ0) is 10.3. The highest BCUT2D eigenvalue weighted by Crippen LogP contribution is 2.40. The Morgan fingerprint density at radius 2 is 2.27 bits per heavy atom. The van der Waals surface area contributed by atoms with Crippen LogP contribution >= 0.6 is 0 Å². The quantitative estimate of drug-likeness (QED) is 0.754. The molecule has 2 aliphatic rings. The van der Waals surface area contributed by atoms with E-state index in [1.54, 1.807) is 7.11 Å². The van der Waals surface area contributed by atoms with Gasteiger partial charge < -0.3 is 10.1 Å². The van der Waals surface area contributed by atoms with Crippen LogP contribution in [0.25, 0.3) is 0 Å². The molecular weight excluding hydrogens is 186 g/mol. The van der Waals surface area contributed by atoms with E-state index in [0.717, 1.165) is 18.1 Å². The molecule has 1 saturated heterocycles. The van der Waals surface area contributed by atoms with Crippen molar-refractivity contribution in [2.45, 2.75) is 31.2 Å². The minimum absolute atomic E-state index is 0.713. The Labute approximate surface area is 90.6 Å². The summed E-state index contributed by atoms with van der Waals surface area (Å²) in [5.41, 5.74) is 2.97. The third-order valence-corrected chi connectivity index (χ3v) is 3.84. The van der Waals surface area contributed by atoms with Crippen molar-refractivity contribution in [3.8, 4) is 5.75 Å². The van der Waals surface area contributed by atoms with E-state index in [1.807, 2.05) is 0 Å². The van der Waals surface area contributed by atoms with E-state index in [9.17, 15) is 0 Å². The second-order valence-corrected chi connectivity index (χ2v) is 4.52. The molecule has 1 aromatic carbocycles. The lowest BCUT2D eigenvalue weighted by molar-refractivity contribution is 0.398. The van der Waals surface area contributed by atoms with Crippen LogP contribution in [0, 0.1) is 0 Å². The minimum atomic E-state index is 0.713. The van der Waals surface area contributed by atoms with E-state index in [0.29, 0.717) is 6.04 Å². The first kappa shape index (κ1) is 9.22. The summed E-state index contributed by atoms with van der Waals surface area (Å²) < 4.78 is 5.44. The van der Waals surface area contributed by atoms with E-state index >= 15 is 0 Å². The Bertz CT molecular complexity index is 375. The van der Waals surface area contributed by atoms with E-state index < -0.39 is 0 Å². The smallest absolute Gasteiger partial charge is 0.122 e. The standard InChI is InChI=1S/C13H17NO/c1-15-13-4-2-3-9-10-7-8-14-12(10)6-5-11(9)13/h2-4,10,12,14H,5-8H2,1H3/t10-,12-/m0/s1. The van der Waals surface area contributed by atoms with Gasteiger partial charge in [0.05, 0.1) is 7.11 Å². The zero-order valence-corrected chi connectivity index (χ0v) is 9.12. The van der Waals surface area contributed by atoms with Crippen LogP contribution in [0.3, 0.4) is 0 Å². The second-order valence-electron chi connectivity index (χ2n) is 4.52. The molecule has 3 rings (SSSR count). The first-order valence-electron chi connectivity index (χ1n) is 5.79. The Kier molecular flexibility index (Phi) is 2.17. The topological polar surface area (TPSA) is 21.3 Å². The van der Waals surface area contributed by atoms with Gasteiger partial charge in [0.25, 0.3) is 0 Å². The molecule has 2 nitrogen and oxygen atoms in total. The van der Waals surface area contributed by atoms with Crippen molar-refractivity contribution < 1.29 is 4.74 Å². The largest absolute Gasteiger partial charge is 0.496 e. The van der Waals surface area contributed by atoms with Gasteiger partial charge in [-0.1, -0.05) is 12.1 Å². The van der Waals surface area contributed by atoms with Gasteiger partial charge in [-0.25, -0.2) is 0 Å². The fourth-order valence-electron chi connectivity index (χ4n) is 3.13. The normalized spacial score (nSPS) is 28.3. The van der Waals surface area contributed by atoms with E-state index in [2.05, 4.69) is 23.5 Å². The third kappa shape index (κ3) is 1.36. The molecule has 2 atom stereocenters. The number of fused-ring (bicyclic) bond motifs is 3. The van der Waals surface area contributed by atoms with Crippen molar-refractivity contribution in [3.63, 3.8) is 0 Å². The Balaban J connectivity index is 2.07. The maximum atomic E-state index is 5.44. The summed E-state index contributed by atoms with van der Waals surface area (Å²) in [5, 5.41) is 3.60. The molecule has 0 aromatic heterocycles. The fraction of sp³-hybridized carbons (Fsp3) is 0.538. The number of benzene rings is 1. The van der Waals surface area contributed by atoms with Gasteiger partial charge in [0.15, 0.2) is 0 Å². The van der Waals surface area contributed by atoms with Crippen molar-refractivity contribution in [2.75, 3.05) is 13.7 Å². The summed E-state index contributed by atoms with van der Waals surface area (Å²) in [6, 6.07) is 7.20. The van der Waals surface area contributed by atoms with Gasteiger partial charge in [-0.3, -0.25) is 0 Å². The monoisotopic (exact) mass is 203 g/mol. The predicted octanol–water partition coefficient (Wildman–Crippen LogP) is 2.09. The van der Waals surface area contributed by atoms with Crippen LogP contribution in [0.15, 0.2) is 18.2 Å². The minimum Gasteiger partial charge on any atom is -0.496 e. The lowest BCUT2D eigenvalue weighted by Gasteiger charge is -2.29. The maximum absolute atomic E-state index is 5.44. The number of methoxy groups -OCH3 is 1. The average Bonchev–Trinajstić information content (AvgIpc) is 2.76. The third-order valence-electron chi connectivity index (χ3n) is 3.84. The molecule has 1 aliphatic carbocycles. The Hall–Kier alpha value is -1.02. The molecule has 0 amide bonds. The molecule has 0 saturated carbocycles. The highest BCUT2D eigenvalue weighted by atomic mass is 16.5. The van der Waals surface area contributed by atoms with Crippen molar-refractivity contribution in [1.29, 1.82) is 0 Å². The molecule has 0 bridgehead atoms. The summed E-state index contributed by atoms with van der Waals surface area (Å²) in [6.07, 6.45) is 3.70. The number of hydrogen-bond donors (Lipinski definition) is 1. The van der Waals surface area contributed by atoms with Gasteiger partial charge in [0.2, 0.25) is 0 Å². The molecule has 15 heavy (non-hydrogen) atoms. The SMILES string of the molecule is COc1cccc2c1CC[C@@H]1NCC[C@@H]21. The van der Waals surface area contributed by atoms with Crippen molar-refractivity contribution in [1.82, 2.24) is 5.32 Å². The van der Waals surface area contributed by atoms with Crippen LogP contribution < -0.4 is 10.1 Å². The molecule has 0 spiro atoms. The van der Waals surface area contributed by atoms with Crippen molar-refractivity contribution in [2.24, 2.45) is 0 Å². The van der Waals surface area contributed by atoms with E-state index in [1.165, 1.54) is 30.5 Å². The molecule has 0 unspecified atom stereocenters. The van der Waals surface area contributed by atoms with Gasteiger partial charge in [0, 0.05) is 12.0 Å². The molecule has 80 valence electrons. The van der Waals surface area contributed by atoms with Gasteiger partial charge >= 0.3 is 0 Å². The van der Waals surface area contributed by atoms with E-state index in [4.69, 9.17) is 4.74 Å². The molecule has 1 aromatic rings. The lowest BCUT2D eigenvalue weighted by Crippen LogP contribution is -2.30. The first-order valence-corrected chi connectivity index (χ1v) is 5.79. The van der Waals surface area contributed by atoms with Crippen molar-refractivity contribution >= 4 is 0 Å². The molecule has 1 N–H and O–H groups in total. The highest BCUT2D eigenvalue weighted by molar-refractivity contribution is 5.45. The van der Waals surface area contributed by atoms with Gasteiger partial charge in [-0.15, -0.1) is 0 Å². The Morgan fingerprint density at radius 3 is 3.13 bits per heavy atom. The number of ether oxygens (including phenoxy) is 1. The summed E-state index contributed by atoms with van der Waals surface area (Å²) in [4.78, 5) is 0. The first-order chi connectivity index (χ1) is 7.40. The number of rotatable bonds is 1. The Morgan fingerprint density at radius 1 is 1.33 bits per heavy atom. The van der Waals surface area contributed by atoms with E-state index in [-0.39, 0.29) is 0 Å². The summed E-state index contributed by atoms with van der Waals surface area (Å²) in [6.45, 7) is 1.17. The molecule has 0 radical (unpaired) electrons. The van der Waals surface area contributed by atoms with Gasteiger partial charge in [0.1, 0.15) is 5.75 Å². The van der Waals surface area contributed by atoms with Crippen LogP contribution in [0.2, 0.25) is 0 Å². The number of hydrogen-bond acceptors (Lipinski definition) is 2. The molecule has 1 aliphatic heterocycles. The van der Waals surface area contributed by atoms with Crippen LogP contribution in [0.1, 0.15) is 29.9 Å². The van der Waals surface area contributed by atoms with Crippen LogP contribution in [-0.2, 0) is 6.42 Å². The summed E-state index contributed by atoms with van der Waals surface area (Å²) in [5.74, 6) is 1.81. The van der Waals surface area contributed by atoms with Crippen LogP contribution in [-0.4, -0.2) is 19.7 Å². The van der Waals surface area contributed by atoms with Crippen molar-refractivity contribution in [3.05, 3.63) is 29.3 Å². The van der Waals surface area contributed by atoms with Crippen LogP contribution in [0.5, 0.6) is 5.75 Å². The molecular formula is C13H17NO. The molecule has 1 fully saturated rings. The summed E-state index contributed by atoms with van der Waals surface area (Å²) in [7, 11) is 1.77. The van der Waals surface area contributed by atoms with Gasteiger partial charge in [-0.05, 0) is 43.0 Å². The average molecular weight is 203 g/mol. The fourth-order valence-corrected chi connectivity index (χ4v) is 3.13. The number of nitrogens with one attached hydrogen (secondary N) is 1. The molecule has 1 heterocycles. The lowest BCUT2D eigenvalue weighted by atomic mass is 9.79. The zero-order valence-electron chi connectivity index (χ0n) is 9.12. The summed E-state index contributed by atoms with van der Waals surface area (Å²) >= 11 is 0. The molecule has 2 heteroatoms. The second kappa shape index (κ2) is 3.53. The van der Waals surface area contributed by atoms with Gasteiger partial charge in [-0.2, -0.15) is 0 Å². The highest BCUT2D eigenvalue weighted by Gasteiger charge is 2.33. The maximum Gasteiger partial charge on any atom is 0.122 e. The predicted molar refractivity (Wildman–Crippen MR) is 60.5 cm³/mol. The van der Waals surface area contributed by atoms with Crippen LogP contribution in [0.4, 0.5) is 0 Å².